The van der Waals surface area contributed by atoms with Crippen molar-refractivity contribution >= 4 is 10.0 Å². The van der Waals surface area contributed by atoms with Gasteiger partial charge in [0.05, 0.1) is 4.90 Å². The van der Waals surface area contributed by atoms with Gasteiger partial charge >= 0.3 is 0 Å². The van der Waals surface area contributed by atoms with E-state index in [1.165, 1.54) is 0 Å². The van der Waals surface area contributed by atoms with Gasteiger partial charge in [-0.2, -0.15) is 0 Å². The van der Waals surface area contributed by atoms with Gasteiger partial charge in [-0.1, -0.05) is 12.1 Å². The molecule has 0 aliphatic rings. The van der Waals surface area contributed by atoms with E-state index in [0.29, 0.717) is 24.0 Å². The maximum atomic E-state index is 12.3. The van der Waals surface area contributed by atoms with Crippen LogP contribution in [0.1, 0.15) is 32.4 Å². The Morgan fingerprint density at radius 1 is 1.24 bits per heavy atom. The summed E-state index contributed by atoms with van der Waals surface area (Å²) in [6.45, 7) is 7.25. The molecule has 0 spiro atoms. The SMILES string of the molecule is CNC(C)c1cccc(S(=O)(=O)NCCN(C)C(C)C)c1. The highest BCUT2D eigenvalue weighted by Crippen LogP contribution is 2.16. The molecule has 0 saturated carbocycles. The lowest BCUT2D eigenvalue weighted by atomic mass is 10.1. The first kappa shape index (κ1) is 18.1. The first-order valence-corrected chi connectivity index (χ1v) is 8.73. The molecule has 21 heavy (non-hydrogen) atoms. The largest absolute Gasteiger partial charge is 0.313 e. The molecule has 120 valence electrons. The summed E-state index contributed by atoms with van der Waals surface area (Å²) in [5.41, 5.74) is 0.958. The molecule has 1 rings (SSSR count). The van der Waals surface area contributed by atoms with Gasteiger partial charge in [-0.25, -0.2) is 13.1 Å². The zero-order chi connectivity index (χ0) is 16.0. The Morgan fingerprint density at radius 2 is 1.90 bits per heavy atom. The van der Waals surface area contributed by atoms with Crippen molar-refractivity contribution in [1.29, 1.82) is 0 Å². The van der Waals surface area contributed by atoms with E-state index in [1.54, 1.807) is 18.2 Å². The maximum Gasteiger partial charge on any atom is 0.240 e. The number of rotatable bonds is 8. The van der Waals surface area contributed by atoms with E-state index in [-0.39, 0.29) is 6.04 Å². The number of benzene rings is 1. The van der Waals surface area contributed by atoms with Crippen LogP contribution in [-0.4, -0.2) is 46.5 Å². The molecule has 0 aliphatic carbocycles. The Balaban J connectivity index is 2.74. The molecule has 0 aromatic heterocycles. The topological polar surface area (TPSA) is 61.4 Å². The minimum atomic E-state index is -3.45. The van der Waals surface area contributed by atoms with Gasteiger partial charge < -0.3 is 10.2 Å². The van der Waals surface area contributed by atoms with Gasteiger partial charge in [0.2, 0.25) is 10.0 Å². The zero-order valence-electron chi connectivity index (χ0n) is 13.6. The average Bonchev–Trinajstić information content (AvgIpc) is 2.46. The Hall–Kier alpha value is -0.950. The Kier molecular flexibility index (Phi) is 6.80. The number of nitrogens with zero attached hydrogens (tertiary/aromatic N) is 1. The summed E-state index contributed by atoms with van der Waals surface area (Å²) in [4.78, 5) is 2.41. The molecule has 5 nitrogen and oxygen atoms in total. The first-order valence-electron chi connectivity index (χ1n) is 7.25. The molecule has 6 heteroatoms. The second kappa shape index (κ2) is 7.89. The van der Waals surface area contributed by atoms with Crippen LogP contribution in [0.25, 0.3) is 0 Å². The van der Waals surface area contributed by atoms with Gasteiger partial charge in [-0.3, -0.25) is 0 Å². The highest BCUT2D eigenvalue weighted by atomic mass is 32.2. The van der Waals surface area contributed by atoms with Crippen LogP contribution in [0.15, 0.2) is 29.2 Å². The van der Waals surface area contributed by atoms with Crippen LogP contribution in [0.2, 0.25) is 0 Å². The van der Waals surface area contributed by atoms with Crippen molar-refractivity contribution in [2.45, 2.75) is 37.8 Å². The minimum absolute atomic E-state index is 0.118. The average molecular weight is 313 g/mol. The van der Waals surface area contributed by atoms with E-state index in [2.05, 4.69) is 28.8 Å². The van der Waals surface area contributed by atoms with Gasteiger partial charge in [-0.15, -0.1) is 0 Å². The molecule has 0 fully saturated rings. The Morgan fingerprint density at radius 3 is 2.48 bits per heavy atom. The third-order valence-corrected chi connectivity index (χ3v) is 5.20. The Bertz CT molecular complexity index is 544. The van der Waals surface area contributed by atoms with Gasteiger partial charge in [0.15, 0.2) is 0 Å². The van der Waals surface area contributed by atoms with Crippen LogP contribution in [0.3, 0.4) is 0 Å². The number of likely N-dealkylation sites (N-methyl/N-ethyl adjacent to an activating group) is 1. The second-order valence-electron chi connectivity index (χ2n) is 5.55. The van der Waals surface area contributed by atoms with Crippen molar-refractivity contribution in [3.63, 3.8) is 0 Å². The van der Waals surface area contributed by atoms with Crippen LogP contribution in [0, 0.1) is 0 Å². The van der Waals surface area contributed by atoms with Crippen LogP contribution < -0.4 is 10.0 Å². The smallest absolute Gasteiger partial charge is 0.240 e. The van der Waals surface area contributed by atoms with Crippen LogP contribution >= 0.6 is 0 Å². The van der Waals surface area contributed by atoms with E-state index >= 15 is 0 Å². The lowest BCUT2D eigenvalue weighted by molar-refractivity contribution is 0.278. The third-order valence-electron chi connectivity index (χ3n) is 3.74. The molecular weight excluding hydrogens is 286 g/mol. The van der Waals surface area contributed by atoms with Crippen molar-refractivity contribution in [3.05, 3.63) is 29.8 Å². The minimum Gasteiger partial charge on any atom is -0.313 e. The molecule has 0 amide bonds. The summed E-state index contributed by atoms with van der Waals surface area (Å²) in [6, 6.07) is 7.56. The summed E-state index contributed by atoms with van der Waals surface area (Å²) in [5.74, 6) is 0. The molecule has 1 unspecified atom stereocenters. The van der Waals surface area contributed by atoms with E-state index in [1.807, 2.05) is 27.1 Å². The van der Waals surface area contributed by atoms with Crippen molar-refractivity contribution in [2.75, 3.05) is 27.2 Å². The number of sulfonamides is 1. The highest BCUT2D eigenvalue weighted by molar-refractivity contribution is 7.89. The van der Waals surface area contributed by atoms with E-state index in [4.69, 9.17) is 0 Å². The van der Waals surface area contributed by atoms with Crippen LogP contribution in [0.4, 0.5) is 0 Å². The van der Waals surface area contributed by atoms with E-state index in [0.717, 1.165) is 5.56 Å². The fourth-order valence-electron chi connectivity index (χ4n) is 1.82. The van der Waals surface area contributed by atoms with Crippen molar-refractivity contribution in [1.82, 2.24) is 14.9 Å². The molecule has 1 aromatic rings. The van der Waals surface area contributed by atoms with Gasteiger partial charge in [0.1, 0.15) is 0 Å². The summed E-state index contributed by atoms with van der Waals surface area (Å²) < 4.78 is 27.2. The fourth-order valence-corrected chi connectivity index (χ4v) is 2.89. The molecule has 0 bridgehead atoms. The van der Waals surface area contributed by atoms with Gasteiger partial charge in [0, 0.05) is 25.2 Å². The van der Waals surface area contributed by atoms with Gasteiger partial charge in [-0.05, 0) is 52.6 Å². The normalized spacial score (nSPS) is 13.9. The number of hydrogen-bond acceptors (Lipinski definition) is 4. The molecule has 1 atom stereocenters. The maximum absolute atomic E-state index is 12.3. The summed E-state index contributed by atoms with van der Waals surface area (Å²) in [5, 5.41) is 3.11. The fraction of sp³-hybridized carbons (Fsp3) is 0.600. The van der Waals surface area contributed by atoms with Crippen molar-refractivity contribution < 1.29 is 8.42 Å². The predicted octanol–water partition coefficient (Wildman–Crippen LogP) is 1.59. The highest BCUT2D eigenvalue weighted by Gasteiger charge is 2.15. The van der Waals surface area contributed by atoms with Crippen molar-refractivity contribution in [3.8, 4) is 0 Å². The molecule has 0 heterocycles. The molecule has 1 aromatic carbocycles. The summed E-state index contributed by atoms with van der Waals surface area (Å²) >= 11 is 0. The lowest BCUT2D eigenvalue weighted by Gasteiger charge is -2.21. The lowest BCUT2D eigenvalue weighted by Crippen LogP contribution is -2.36. The summed E-state index contributed by atoms with van der Waals surface area (Å²) in [7, 11) is 0.383. The standard InChI is InChI=1S/C15H27N3O2S/c1-12(2)18(5)10-9-17-21(19,20)15-8-6-7-14(11-15)13(3)16-4/h6-8,11-13,16-17H,9-10H2,1-5H3. The number of nitrogens with one attached hydrogen (secondary N) is 2. The molecular formula is C15H27N3O2S. The molecule has 0 radical (unpaired) electrons. The van der Waals surface area contributed by atoms with E-state index < -0.39 is 10.0 Å². The number of hydrogen-bond donors (Lipinski definition) is 2. The molecule has 0 saturated heterocycles. The first-order chi connectivity index (χ1) is 9.77. The van der Waals surface area contributed by atoms with Crippen LogP contribution in [0.5, 0.6) is 0 Å². The molecule has 0 aliphatic heterocycles. The van der Waals surface area contributed by atoms with Crippen molar-refractivity contribution in [2.24, 2.45) is 0 Å². The van der Waals surface area contributed by atoms with Gasteiger partial charge in [0.25, 0.3) is 0 Å². The predicted molar refractivity (Wildman–Crippen MR) is 86.9 cm³/mol. The summed E-state index contributed by atoms with van der Waals surface area (Å²) in [6.07, 6.45) is 0. The van der Waals surface area contributed by atoms with Crippen LogP contribution in [-0.2, 0) is 10.0 Å². The van der Waals surface area contributed by atoms with E-state index in [9.17, 15) is 8.42 Å². The molecule has 2 N–H and O–H groups in total. The second-order valence-corrected chi connectivity index (χ2v) is 7.32. The Labute approximate surface area is 128 Å². The monoisotopic (exact) mass is 313 g/mol. The zero-order valence-corrected chi connectivity index (χ0v) is 14.4. The quantitative estimate of drug-likeness (QED) is 0.765. The third kappa shape index (κ3) is 5.39.